The molecule has 2 aromatic rings. The van der Waals surface area contributed by atoms with E-state index in [1.807, 2.05) is 48.6 Å². The number of aliphatic hydroxyl groups excluding tert-OH is 1. The SMILES string of the molecule is CC.CC.CCCC(C)SC1CC(=O)N(CCC(=O)NCC(=O)NCC(=O)NCCCN(C)CCCNC(=O)C2CCc3c(O)c4c(c(O)c3C2)C(=O)c2cccc(OC)c2C4=O)C1=O.COC1CN(C2CCOC(C)C2O)CCO1. The molecule has 2 aliphatic carbocycles. The quantitative estimate of drug-likeness (QED) is 0.0406. The third-order valence-corrected chi connectivity index (χ3v) is 16.1. The maximum atomic E-state index is 13.5. The Hall–Kier alpha value is -5.69. The number of phenolic OH excluding ortho intramolecular Hbond substituents is 2. The van der Waals surface area contributed by atoms with E-state index in [1.165, 1.54) is 24.9 Å². The summed E-state index contributed by atoms with van der Waals surface area (Å²) in [6.45, 7) is 18.4. The number of hydrogen-bond donors (Lipinski definition) is 7. The molecule has 2 aromatic carbocycles. The standard InChI is InChI=1S/C43H56N6O11S.C11H21NO4.2C2H6/c1-5-9-24(2)61-30-21-34(53)49(43(30)59)19-14-31(50)46-23-33(52)47-22-32(51)44-15-7-17-48(3)18-8-16-45-42(58)25-12-13-26-28(20-25)40(56)36-37(38(26)54)41(57)35-27(39(36)55)10-6-11-29(35)60-4;1-8-11(13)9(3-5-15-8)12-4-6-16-10(7-12)14-2;2*1-2/h6,10-11,24-25,30,54,56H,5,7-9,12-23H2,1-4H3,(H,44,51)(H,45,58)(H,46,50)(H,47,52);8-11,13H,3-7H2,1-2H3;2*1-2H3. The lowest BCUT2D eigenvalue weighted by atomic mass is 9.75. The van der Waals surface area contributed by atoms with Crippen molar-refractivity contribution in [2.24, 2.45) is 5.92 Å². The van der Waals surface area contributed by atoms with E-state index >= 15 is 0 Å². The van der Waals surface area contributed by atoms with Gasteiger partial charge in [0.05, 0.1) is 61.0 Å². The van der Waals surface area contributed by atoms with Crippen LogP contribution in [0, 0.1) is 5.92 Å². The number of ether oxygens (including phenoxy) is 4. The summed E-state index contributed by atoms with van der Waals surface area (Å²) in [5.41, 5.74) is 0.242. The average molecular weight is 1160 g/mol. The van der Waals surface area contributed by atoms with E-state index in [1.54, 1.807) is 19.2 Å². The number of aliphatic hydroxyl groups is 1. The largest absolute Gasteiger partial charge is 0.507 e. The highest BCUT2D eigenvalue weighted by atomic mass is 32.2. The summed E-state index contributed by atoms with van der Waals surface area (Å²) in [6.07, 6.45) is 4.12. The highest BCUT2D eigenvalue weighted by molar-refractivity contribution is 8.01. The van der Waals surface area contributed by atoms with Gasteiger partial charge in [0.25, 0.3) is 0 Å². The van der Waals surface area contributed by atoms with Crippen molar-refractivity contribution in [3.63, 3.8) is 0 Å². The number of thioether (sulfide) groups is 1. The molecule has 0 spiro atoms. The second-order valence-electron chi connectivity index (χ2n) is 20.1. The van der Waals surface area contributed by atoms with Crippen LogP contribution in [0.2, 0.25) is 0 Å². The zero-order valence-corrected chi connectivity index (χ0v) is 49.9. The molecule has 5 aliphatic rings. The molecule has 3 fully saturated rings. The second kappa shape index (κ2) is 34.0. The van der Waals surface area contributed by atoms with Gasteiger partial charge in [0.2, 0.25) is 41.2 Å². The predicted molar refractivity (Wildman–Crippen MR) is 306 cm³/mol. The van der Waals surface area contributed by atoms with Gasteiger partial charge in [0, 0.05) is 93.2 Å². The van der Waals surface area contributed by atoms with Crippen LogP contribution in [0.3, 0.4) is 0 Å². The molecule has 0 saturated carbocycles. The fourth-order valence-electron chi connectivity index (χ4n) is 10.4. The molecule has 7 rings (SSSR count). The van der Waals surface area contributed by atoms with Crippen molar-refractivity contribution in [3.8, 4) is 17.2 Å². The number of carbonyl (C=O) groups excluding carboxylic acids is 8. The maximum absolute atomic E-state index is 13.5. The smallest absolute Gasteiger partial charge is 0.242 e. The number of hydrogen-bond acceptors (Lipinski definition) is 18. The van der Waals surface area contributed by atoms with Gasteiger partial charge in [-0.25, -0.2) is 0 Å². The summed E-state index contributed by atoms with van der Waals surface area (Å²) in [4.78, 5) is 107. The first kappa shape index (κ1) is 67.8. The van der Waals surface area contributed by atoms with E-state index in [2.05, 4.69) is 38.0 Å². The van der Waals surface area contributed by atoms with Crippen LogP contribution in [0.25, 0.3) is 0 Å². The number of morpholine rings is 1. The number of nitrogens with zero attached hydrogens (tertiary/aromatic N) is 3. The molecule has 23 heteroatoms. The van der Waals surface area contributed by atoms with E-state index in [0.717, 1.165) is 43.9 Å². The maximum Gasteiger partial charge on any atom is 0.242 e. The number of phenols is 2. The zero-order valence-electron chi connectivity index (χ0n) is 49.1. The third-order valence-electron chi connectivity index (χ3n) is 14.7. The van der Waals surface area contributed by atoms with E-state index in [9.17, 15) is 53.7 Å². The predicted octanol–water partition coefficient (Wildman–Crippen LogP) is 3.48. The van der Waals surface area contributed by atoms with Gasteiger partial charge in [-0.15, -0.1) is 11.8 Å². The monoisotopic (exact) mass is 1160 g/mol. The lowest BCUT2D eigenvalue weighted by Crippen LogP contribution is -2.57. The summed E-state index contributed by atoms with van der Waals surface area (Å²) in [5, 5.41) is 43.0. The van der Waals surface area contributed by atoms with Crippen LogP contribution in [0.15, 0.2) is 18.2 Å². The minimum atomic E-state index is -0.610. The summed E-state index contributed by atoms with van der Waals surface area (Å²) in [6, 6.07) is 4.77. The molecular weight excluding hydrogens is 1070 g/mol. The number of carbonyl (C=O) groups is 8. The molecule has 3 saturated heterocycles. The molecule has 7 atom stereocenters. The lowest BCUT2D eigenvalue weighted by molar-refractivity contribution is -0.190. The molecule has 3 aliphatic heterocycles. The van der Waals surface area contributed by atoms with Crippen molar-refractivity contribution < 1.29 is 72.6 Å². The van der Waals surface area contributed by atoms with Crippen LogP contribution in [0.1, 0.15) is 143 Å². The van der Waals surface area contributed by atoms with Gasteiger partial charge in [-0.1, -0.05) is 60.1 Å². The summed E-state index contributed by atoms with van der Waals surface area (Å²) in [7, 11) is 4.94. The molecule has 0 aromatic heterocycles. The van der Waals surface area contributed by atoms with Crippen LogP contribution < -0.4 is 26.0 Å². The van der Waals surface area contributed by atoms with Gasteiger partial charge in [0.1, 0.15) is 17.2 Å². The fraction of sp³-hybridized carbons (Fsp3) is 0.655. The summed E-state index contributed by atoms with van der Waals surface area (Å²) in [5.74, 6) is -4.51. The Morgan fingerprint density at radius 1 is 0.827 bits per heavy atom. The van der Waals surface area contributed by atoms with Gasteiger partial charge in [0.15, 0.2) is 12.1 Å². The van der Waals surface area contributed by atoms with E-state index in [-0.39, 0.29) is 132 Å². The van der Waals surface area contributed by atoms with Gasteiger partial charge in [-0.05, 0) is 78.1 Å². The molecule has 7 unspecified atom stereocenters. The Labute approximate surface area is 481 Å². The van der Waals surface area contributed by atoms with E-state index in [4.69, 9.17) is 18.9 Å². The number of benzene rings is 2. The van der Waals surface area contributed by atoms with Crippen molar-refractivity contribution in [2.45, 2.75) is 148 Å². The topological polar surface area (TPSA) is 292 Å². The Kier molecular flexibility index (Phi) is 28.5. The van der Waals surface area contributed by atoms with Gasteiger partial charge in [-0.2, -0.15) is 0 Å². The fourth-order valence-corrected chi connectivity index (χ4v) is 11.8. The third kappa shape index (κ3) is 18.4. The van der Waals surface area contributed by atoms with Crippen molar-refractivity contribution in [1.82, 2.24) is 36.0 Å². The van der Waals surface area contributed by atoms with Crippen LogP contribution in [0.5, 0.6) is 17.2 Å². The van der Waals surface area contributed by atoms with Crippen molar-refractivity contribution in [1.29, 1.82) is 0 Å². The molecule has 3 heterocycles. The Morgan fingerprint density at radius 3 is 2.14 bits per heavy atom. The highest BCUT2D eigenvalue weighted by Crippen LogP contribution is 2.47. The average Bonchev–Trinajstić information content (AvgIpc) is 3.91. The minimum Gasteiger partial charge on any atom is -0.507 e. The first-order chi connectivity index (χ1) is 38.9. The van der Waals surface area contributed by atoms with Crippen LogP contribution in [-0.2, 0) is 55.8 Å². The highest BCUT2D eigenvalue weighted by Gasteiger charge is 2.42. The van der Waals surface area contributed by atoms with Crippen LogP contribution in [-0.4, -0.2) is 205 Å². The van der Waals surface area contributed by atoms with Gasteiger partial charge < -0.3 is 60.4 Å². The normalized spacial score (nSPS) is 21.6. The first-order valence-corrected chi connectivity index (χ1v) is 29.6. The van der Waals surface area contributed by atoms with E-state index < -0.39 is 46.6 Å². The summed E-state index contributed by atoms with van der Waals surface area (Å²) >= 11 is 1.48. The molecule has 22 nitrogen and oxygen atoms in total. The number of likely N-dealkylation sites (tertiary alicyclic amines) is 1. The van der Waals surface area contributed by atoms with Crippen LogP contribution in [0.4, 0.5) is 0 Å². The molecule has 81 heavy (non-hydrogen) atoms. The Balaban J connectivity index is 0.000000594. The molecule has 7 N–H and O–H groups in total. The van der Waals surface area contributed by atoms with Crippen LogP contribution >= 0.6 is 11.8 Å². The lowest BCUT2D eigenvalue weighted by Gasteiger charge is -2.43. The molecule has 6 amide bonds. The molecule has 0 radical (unpaired) electrons. The zero-order chi connectivity index (χ0) is 59.9. The molecule has 0 bridgehead atoms. The number of fused-ring (bicyclic) bond motifs is 3. The van der Waals surface area contributed by atoms with Crippen molar-refractivity contribution in [2.75, 3.05) is 93.4 Å². The Bertz CT molecular complexity index is 2480. The second-order valence-corrected chi connectivity index (χ2v) is 21.8. The Morgan fingerprint density at radius 2 is 1.47 bits per heavy atom. The number of rotatable bonds is 23. The van der Waals surface area contributed by atoms with Gasteiger partial charge >= 0.3 is 0 Å². The molecule has 452 valence electrons. The number of ketones is 2. The number of imide groups is 1. The number of nitrogens with one attached hydrogen (secondary N) is 4. The number of amides is 6. The number of aromatic hydroxyl groups is 2. The van der Waals surface area contributed by atoms with Crippen molar-refractivity contribution >= 4 is 58.8 Å². The van der Waals surface area contributed by atoms with E-state index in [0.29, 0.717) is 57.6 Å². The van der Waals surface area contributed by atoms with Crippen molar-refractivity contribution in [3.05, 3.63) is 51.6 Å². The summed E-state index contributed by atoms with van der Waals surface area (Å²) < 4.78 is 21.4. The number of methoxy groups -OCH3 is 2. The van der Waals surface area contributed by atoms with Gasteiger partial charge in [-0.3, -0.25) is 48.2 Å². The minimum absolute atomic E-state index is 0.0370. The molecular formula is C58H89N7O15S. The first-order valence-electron chi connectivity index (χ1n) is 28.7.